The first-order valence-corrected chi connectivity index (χ1v) is 9.46. The third-order valence-corrected chi connectivity index (χ3v) is 5.77. The number of nitrogens with one attached hydrogen (secondary N) is 1. The number of hydrogen-bond acceptors (Lipinski definition) is 4. The van der Waals surface area contributed by atoms with Gasteiger partial charge in [-0.1, -0.05) is 18.2 Å². The van der Waals surface area contributed by atoms with Gasteiger partial charge in [0.25, 0.3) is 0 Å². The Balaban J connectivity index is 1.36. The van der Waals surface area contributed by atoms with E-state index in [1.165, 1.54) is 5.56 Å². The fourth-order valence-electron chi connectivity index (χ4n) is 4.24. The fraction of sp³-hybridized carbons (Fsp3) is 0.650. The van der Waals surface area contributed by atoms with E-state index in [4.69, 9.17) is 9.47 Å². The van der Waals surface area contributed by atoms with Gasteiger partial charge in [0.15, 0.2) is 0 Å². The van der Waals surface area contributed by atoms with E-state index < -0.39 is 0 Å². The minimum atomic E-state index is -0.0955. The molecule has 25 heavy (non-hydrogen) atoms. The van der Waals surface area contributed by atoms with Gasteiger partial charge in [0.2, 0.25) is 5.91 Å². The van der Waals surface area contributed by atoms with Crippen LogP contribution in [0.25, 0.3) is 0 Å². The lowest BCUT2D eigenvalue weighted by molar-refractivity contribution is -0.126. The van der Waals surface area contributed by atoms with Crippen molar-refractivity contribution in [2.45, 2.75) is 50.3 Å². The summed E-state index contributed by atoms with van der Waals surface area (Å²) in [6, 6.07) is 8.48. The first-order valence-electron chi connectivity index (χ1n) is 9.46. The van der Waals surface area contributed by atoms with Crippen molar-refractivity contribution in [3.8, 4) is 5.75 Å². The zero-order valence-electron chi connectivity index (χ0n) is 15.0. The summed E-state index contributed by atoms with van der Waals surface area (Å²) >= 11 is 0. The van der Waals surface area contributed by atoms with E-state index in [0.29, 0.717) is 0 Å². The molecule has 136 valence electrons. The molecule has 1 aromatic carbocycles. The van der Waals surface area contributed by atoms with E-state index in [2.05, 4.69) is 22.3 Å². The normalized spacial score (nSPS) is 29.7. The molecule has 2 heterocycles. The predicted molar refractivity (Wildman–Crippen MR) is 95.5 cm³/mol. The second kappa shape index (κ2) is 6.96. The first kappa shape index (κ1) is 16.9. The largest absolute Gasteiger partial charge is 0.496 e. The van der Waals surface area contributed by atoms with E-state index in [0.717, 1.165) is 64.1 Å². The molecule has 2 atom stereocenters. The molecule has 1 amide bonds. The van der Waals surface area contributed by atoms with Crippen LogP contribution >= 0.6 is 0 Å². The Morgan fingerprint density at radius 2 is 2.20 bits per heavy atom. The summed E-state index contributed by atoms with van der Waals surface area (Å²) in [5.74, 6) is 1.48. The van der Waals surface area contributed by atoms with Gasteiger partial charge >= 0.3 is 0 Å². The molecule has 1 saturated carbocycles. The molecule has 1 spiro atoms. The Hall–Kier alpha value is -1.59. The molecule has 5 nitrogen and oxygen atoms in total. The van der Waals surface area contributed by atoms with Crippen LogP contribution in [0, 0.1) is 5.92 Å². The average Bonchev–Trinajstić information content (AvgIpc) is 3.40. The number of benzene rings is 1. The smallest absolute Gasteiger partial charge is 0.223 e. The van der Waals surface area contributed by atoms with E-state index >= 15 is 0 Å². The lowest BCUT2D eigenvalue weighted by Crippen LogP contribution is -2.50. The quantitative estimate of drug-likeness (QED) is 0.891. The van der Waals surface area contributed by atoms with Crippen LogP contribution in [0.3, 0.4) is 0 Å². The van der Waals surface area contributed by atoms with Crippen molar-refractivity contribution < 1.29 is 14.3 Å². The maximum Gasteiger partial charge on any atom is 0.223 e. The minimum Gasteiger partial charge on any atom is -0.496 e. The number of nitrogens with zero attached hydrogens (tertiary/aromatic N) is 1. The molecule has 1 aliphatic carbocycles. The zero-order valence-corrected chi connectivity index (χ0v) is 15.0. The number of amides is 1. The summed E-state index contributed by atoms with van der Waals surface area (Å²) < 4.78 is 11.7. The zero-order chi connectivity index (χ0) is 17.3. The number of para-hydroxylation sites is 1. The third-order valence-electron chi connectivity index (χ3n) is 5.77. The van der Waals surface area contributed by atoms with Crippen molar-refractivity contribution in [2.24, 2.45) is 5.92 Å². The molecule has 0 aromatic heterocycles. The van der Waals surface area contributed by atoms with Gasteiger partial charge < -0.3 is 14.8 Å². The number of methoxy groups -OCH3 is 1. The molecular formula is C20H28N2O3. The molecular weight excluding hydrogens is 316 g/mol. The lowest BCUT2D eigenvalue weighted by atomic mass is 9.89. The van der Waals surface area contributed by atoms with Crippen LogP contribution in [0.2, 0.25) is 0 Å². The number of rotatable bonds is 5. The van der Waals surface area contributed by atoms with E-state index in [1.54, 1.807) is 7.11 Å². The van der Waals surface area contributed by atoms with Gasteiger partial charge in [-0.3, -0.25) is 9.69 Å². The highest BCUT2D eigenvalue weighted by Crippen LogP contribution is 2.36. The topological polar surface area (TPSA) is 50.8 Å². The van der Waals surface area contributed by atoms with Crippen LogP contribution < -0.4 is 10.1 Å². The average molecular weight is 344 g/mol. The summed E-state index contributed by atoms with van der Waals surface area (Å²) in [7, 11) is 1.72. The number of hydrogen-bond donors (Lipinski definition) is 1. The van der Waals surface area contributed by atoms with Gasteiger partial charge in [0.1, 0.15) is 5.75 Å². The molecule has 3 aliphatic rings. The summed E-state index contributed by atoms with van der Waals surface area (Å²) in [5.41, 5.74) is 1.12. The van der Waals surface area contributed by atoms with Gasteiger partial charge in [0.05, 0.1) is 12.7 Å². The molecule has 1 N–H and O–H groups in total. The standard InChI is InChI=1S/C20H28N2O3/c1-24-18-5-3-2-4-16(18)13-22-10-9-20(14-22)12-17(8-11-25-20)21-19(23)15-6-7-15/h2-5,15,17H,6-14H2,1H3,(H,21,23)/t17-,20+/m0/s1. The Kier molecular flexibility index (Phi) is 4.69. The fourth-order valence-corrected chi connectivity index (χ4v) is 4.24. The number of ether oxygens (including phenoxy) is 2. The van der Waals surface area contributed by atoms with Gasteiger partial charge in [-0.15, -0.1) is 0 Å². The van der Waals surface area contributed by atoms with Gasteiger partial charge in [0, 0.05) is 43.8 Å². The van der Waals surface area contributed by atoms with Crippen LogP contribution in [0.15, 0.2) is 24.3 Å². The summed E-state index contributed by atoms with van der Waals surface area (Å²) in [5, 5.41) is 3.26. The molecule has 4 rings (SSSR count). The Bertz CT molecular complexity index is 631. The SMILES string of the molecule is COc1ccccc1CN1CC[C@@]2(C[C@@H](NC(=O)C3CC3)CCO2)C1. The van der Waals surface area contributed by atoms with Crippen molar-refractivity contribution >= 4 is 5.91 Å². The molecule has 0 unspecified atom stereocenters. The maximum absolute atomic E-state index is 12.1. The van der Waals surface area contributed by atoms with Crippen LogP contribution in [0.4, 0.5) is 0 Å². The highest BCUT2D eigenvalue weighted by molar-refractivity contribution is 5.81. The molecule has 2 aliphatic heterocycles. The van der Waals surface area contributed by atoms with E-state index in [1.807, 2.05) is 12.1 Å². The van der Waals surface area contributed by atoms with Crippen LogP contribution in [-0.2, 0) is 16.1 Å². The monoisotopic (exact) mass is 344 g/mol. The van der Waals surface area contributed by atoms with Gasteiger partial charge in [-0.2, -0.15) is 0 Å². The first-order chi connectivity index (χ1) is 12.2. The molecule has 5 heteroatoms. The van der Waals surface area contributed by atoms with E-state index in [9.17, 15) is 4.79 Å². The lowest BCUT2D eigenvalue weighted by Gasteiger charge is -2.38. The minimum absolute atomic E-state index is 0.0955. The van der Waals surface area contributed by atoms with Crippen molar-refractivity contribution in [1.29, 1.82) is 0 Å². The molecule has 0 bridgehead atoms. The van der Waals surface area contributed by atoms with Crippen LogP contribution in [0.5, 0.6) is 5.75 Å². The second-order valence-corrected chi connectivity index (χ2v) is 7.78. The highest BCUT2D eigenvalue weighted by Gasteiger charge is 2.44. The molecule has 3 fully saturated rings. The summed E-state index contributed by atoms with van der Waals surface area (Å²) in [4.78, 5) is 14.5. The Morgan fingerprint density at radius 1 is 1.36 bits per heavy atom. The molecule has 0 radical (unpaired) electrons. The Labute approximate surface area is 149 Å². The van der Waals surface area contributed by atoms with Gasteiger partial charge in [-0.05, 0) is 38.2 Å². The maximum atomic E-state index is 12.1. The summed E-state index contributed by atoms with van der Waals surface area (Å²) in [6.07, 6.45) is 5.04. The van der Waals surface area contributed by atoms with Crippen molar-refractivity contribution in [3.05, 3.63) is 29.8 Å². The molecule has 1 aromatic rings. The predicted octanol–water partition coefficient (Wildman–Crippen LogP) is 2.34. The number of likely N-dealkylation sites (tertiary alicyclic amines) is 1. The van der Waals surface area contributed by atoms with Crippen LogP contribution in [-0.4, -0.2) is 49.3 Å². The third kappa shape index (κ3) is 3.82. The Morgan fingerprint density at radius 3 is 3.00 bits per heavy atom. The van der Waals surface area contributed by atoms with Crippen molar-refractivity contribution in [2.75, 3.05) is 26.8 Å². The number of carbonyl (C=O) groups is 1. The van der Waals surface area contributed by atoms with Crippen molar-refractivity contribution in [3.63, 3.8) is 0 Å². The van der Waals surface area contributed by atoms with E-state index in [-0.39, 0.29) is 23.5 Å². The molecule has 2 saturated heterocycles. The van der Waals surface area contributed by atoms with Crippen molar-refractivity contribution in [1.82, 2.24) is 10.2 Å². The summed E-state index contributed by atoms with van der Waals surface area (Å²) in [6.45, 7) is 3.59. The second-order valence-electron chi connectivity index (χ2n) is 7.78. The number of carbonyl (C=O) groups excluding carboxylic acids is 1. The van der Waals surface area contributed by atoms with Gasteiger partial charge in [-0.25, -0.2) is 0 Å². The highest BCUT2D eigenvalue weighted by atomic mass is 16.5. The van der Waals surface area contributed by atoms with Crippen LogP contribution in [0.1, 0.15) is 37.7 Å².